The van der Waals surface area contributed by atoms with Gasteiger partial charge in [-0.3, -0.25) is 4.90 Å². The first kappa shape index (κ1) is 14.4. The number of benzene rings is 1. The predicted octanol–water partition coefficient (Wildman–Crippen LogP) is 2.96. The van der Waals surface area contributed by atoms with Crippen LogP contribution < -0.4 is 10.1 Å². The fourth-order valence-electron chi connectivity index (χ4n) is 3.17. The normalized spacial score (nSPS) is 25.3. The zero-order valence-electron chi connectivity index (χ0n) is 12.5. The summed E-state index contributed by atoms with van der Waals surface area (Å²) < 4.78 is 7.02. The first-order valence-electron chi connectivity index (χ1n) is 7.38. The molecule has 0 radical (unpaired) electrons. The molecular formula is C16H23BrN2O. The van der Waals surface area contributed by atoms with Gasteiger partial charge in [0.2, 0.25) is 0 Å². The number of nitrogens with zero attached hydrogens (tertiary/aromatic N) is 1. The maximum atomic E-state index is 5.85. The van der Waals surface area contributed by atoms with E-state index in [1.807, 2.05) is 0 Å². The highest BCUT2D eigenvalue weighted by molar-refractivity contribution is 9.10. The van der Waals surface area contributed by atoms with E-state index in [0.29, 0.717) is 6.04 Å². The summed E-state index contributed by atoms with van der Waals surface area (Å²) in [5, 5.41) is 3.61. The number of hydrogen-bond acceptors (Lipinski definition) is 3. The smallest absolute Gasteiger partial charge is 0.127 e. The second-order valence-corrected chi connectivity index (χ2v) is 7.59. The summed E-state index contributed by atoms with van der Waals surface area (Å²) >= 11 is 3.63. The molecule has 1 N–H and O–H groups in total. The topological polar surface area (TPSA) is 24.5 Å². The van der Waals surface area contributed by atoms with Crippen LogP contribution in [-0.2, 0) is 13.0 Å². The van der Waals surface area contributed by atoms with Gasteiger partial charge < -0.3 is 10.1 Å². The molecule has 0 aromatic heterocycles. The summed E-state index contributed by atoms with van der Waals surface area (Å²) in [7, 11) is 0. The van der Waals surface area contributed by atoms with Crippen LogP contribution in [0.3, 0.4) is 0 Å². The Morgan fingerprint density at radius 2 is 2.25 bits per heavy atom. The van der Waals surface area contributed by atoms with Crippen LogP contribution in [0.1, 0.15) is 31.9 Å². The van der Waals surface area contributed by atoms with Gasteiger partial charge in [-0.1, -0.05) is 15.9 Å². The SMILES string of the molecule is CC1CNC(C)(C)CN1Cc1cc(Br)cc2c1OCC2. The van der Waals surface area contributed by atoms with Crippen molar-refractivity contribution >= 4 is 15.9 Å². The molecule has 0 amide bonds. The number of hydrogen-bond donors (Lipinski definition) is 1. The van der Waals surface area contributed by atoms with Crippen molar-refractivity contribution in [3.8, 4) is 5.75 Å². The Labute approximate surface area is 129 Å². The largest absolute Gasteiger partial charge is 0.493 e. The molecule has 4 heteroatoms. The summed E-state index contributed by atoms with van der Waals surface area (Å²) in [6.45, 7) is 10.7. The van der Waals surface area contributed by atoms with Gasteiger partial charge in [-0.25, -0.2) is 0 Å². The van der Waals surface area contributed by atoms with Crippen LogP contribution in [0.4, 0.5) is 0 Å². The Hall–Kier alpha value is -0.580. The minimum atomic E-state index is 0.183. The molecule has 2 aliphatic rings. The molecule has 1 aromatic carbocycles. The highest BCUT2D eigenvalue weighted by Gasteiger charge is 2.31. The Morgan fingerprint density at radius 1 is 1.45 bits per heavy atom. The minimum absolute atomic E-state index is 0.183. The van der Waals surface area contributed by atoms with Gasteiger partial charge in [0.15, 0.2) is 0 Å². The number of piperazine rings is 1. The lowest BCUT2D eigenvalue weighted by Gasteiger charge is -2.43. The highest BCUT2D eigenvalue weighted by Crippen LogP contribution is 2.34. The predicted molar refractivity (Wildman–Crippen MR) is 85.3 cm³/mol. The molecule has 3 rings (SSSR count). The van der Waals surface area contributed by atoms with Gasteiger partial charge in [0.05, 0.1) is 6.61 Å². The van der Waals surface area contributed by atoms with E-state index in [4.69, 9.17) is 4.74 Å². The van der Waals surface area contributed by atoms with E-state index in [1.165, 1.54) is 15.6 Å². The molecule has 0 spiro atoms. The van der Waals surface area contributed by atoms with E-state index in [2.05, 4.69) is 59.1 Å². The van der Waals surface area contributed by atoms with Crippen molar-refractivity contribution in [2.45, 2.75) is 45.3 Å². The number of nitrogens with one attached hydrogen (secondary N) is 1. The van der Waals surface area contributed by atoms with Gasteiger partial charge in [-0.2, -0.15) is 0 Å². The first-order chi connectivity index (χ1) is 9.44. The number of halogens is 1. The third-order valence-electron chi connectivity index (χ3n) is 4.30. The van der Waals surface area contributed by atoms with E-state index in [9.17, 15) is 0 Å². The van der Waals surface area contributed by atoms with E-state index in [-0.39, 0.29) is 5.54 Å². The molecule has 2 aliphatic heterocycles. The van der Waals surface area contributed by atoms with Crippen LogP contribution in [0.25, 0.3) is 0 Å². The fraction of sp³-hybridized carbons (Fsp3) is 0.625. The molecule has 1 aromatic rings. The zero-order chi connectivity index (χ0) is 14.3. The number of rotatable bonds is 2. The van der Waals surface area contributed by atoms with E-state index in [1.54, 1.807) is 0 Å². The van der Waals surface area contributed by atoms with Crippen molar-refractivity contribution in [2.24, 2.45) is 0 Å². The zero-order valence-corrected chi connectivity index (χ0v) is 14.1. The quantitative estimate of drug-likeness (QED) is 0.897. The van der Waals surface area contributed by atoms with Crippen LogP contribution in [0, 0.1) is 0 Å². The summed E-state index contributed by atoms with van der Waals surface area (Å²) in [6, 6.07) is 4.96. The molecule has 110 valence electrons. The fourth-order valence-corrected chi connectivity index (χ4v) is 3.72. The molecular weight excluding hydrogens is 316 g/mol. The average Bonchev–Trinajstić information content (AvgIpc) is 2.81. The van der Waals surface area contributed by atoms with Crippen molar-refractivity contribution in [2.75, 3.05) is 19.7 Å². The van der Waals surface area contributed by atoms with E-state index < -0.39 is 0 Å². The third kappa shape index (κ3) is 2.87. The standard InChI is InChI=1S/C16H23BrN2O/c1-11-8-18-16(2,3)10-19(11)9-13-7-14(17)6-12-4-5-20-15(12)13/h6-7,11,18H,4-5,8-10H2,1-3H3. The second kappa shape index (κ2) is 5.32. The molecule has 0 saturated carbocycles. The summed E-state index contributed by atoms with van der Waals surface area (Å²) in [5.41, 5.74) is 2.84. The van der Waals surface area contributed by atoms with Gasteiger partial charge >= 0.3 is 0 Å². The van der Waals surface area contributed by atoms with Crippen molar-refractivity contribution in [3.05, 3.63) is 27.7 Å². The monoisotopic (exact) mass is 338 g/mol. The lowest BCUT2D eigenvalue weighted by atomic mass is 9.98. The molecule has 3 nitrogen and oxygen atoms in total. The van der Waals surface area contributed by atoms with Crippen LogP contribution in [0.5, 0.6) is 5.75 Å². The van der Waals surface area contributed by atoms with Gasteiger partial charge in [0, 0.05) is 47.7 Å². The Balaban J connectivity index is 1.84. The third-order valence-corrected chi connectivity index (χ3v) is 4.75. The Kier molecular flexibility index (Phi) is 3.82. The van der Waals surface area contributed by atoms with Crippen LogP contribution >= 0.6 is 15.9 Å². The number of ether oxygens (including phenoxy) is 1. The van der Waals surface area contributed by atoms with Crippen molar-refractivity contribution < 1.29 is 4.74 Å². The van der Waals surface area contributed by atoms with Crippen LogP contribution in [0.15, 0.2) is 16.6 Å². The average molecular weight is 339 g/mol. The molecule has 20 heavy (non-hydrogen) atoms. The molecule has 1 atom stereocenters. The van der Waals surface area contributed by atoms with Gasteiger partial charge in [-0.15, -0.1) is 0 Å². The lowest BCUT2D eigenvalue weighted by Crippen LogP contribution is -2.60. The molecule has 1 fully saturated rings. The van der Waals surface area contributed by atoms with Crippen molar-refractivity contribution in [1.29, 1.82) is 0 Å². The van der Waals surface area contributed by atoms with Crippen LogP contribution in [0.2, 0.25) is 0 Å². The van der Waals surface area contributed by atoms with Gasteiger partial charge in [-0.05, 0) is 38.5 Å². The summed E-state index contributed by atoms with van der Waals surface area (Å²) in [5.74, 6) is 1.12. The molecule has 1 unspecified atom stereocenters. The molecule has 2 heterocycles. The van der Waals surface area contributed by atoms with E-state index >= 15 is 0 Å². The second-order valence-electron chi connectivity index (χ2n) is 6.67. The first-order valence-corrected chi connectivity index (χ1v) is 8.17. The summed E-state index contributed by atoms with van der Waals surface area (Å²) in [4.78, 5) is 2.56. The van der Waals surface area contributed by atoms with E-state index in [0.717, 1.165) is 38.4 Å². The van der Waals surface area contributed by atoms with Gasteiger partial charge in [0.1, 0.15) is 5.75 Å². The molecule has 0 bridgehead atoms. The Morgan fingerprint density at radius 3 is 3.05 bits per heavy atom. The van der Waals surface area contributed by atoms with Crippen LogP contribution in [-0.4, -0.2) is 36.2 Å². The van der Waals surface area contributed by atoms with Crippen molar-refractivity contribution in [3.63, 3.8) is 0 Å². The molecule has 1 saturated heterocycles. The number of fused-ring (bicyclic) bond motifs is 1. The summed E-state index contributed by atoms with van der Waals surface area (Å²) in [6.07, 6.45) is 1.03. The highest BCUT2D eigenvalue weighted by atomic mass is 79.9. The van der Waals surface area contributed by atoms with Crippen molar-refractivity contribution in [1.82, 2.24) is 10.2 Å². The minimum Gasteiger partial charge on any atom is -0.493 e. The maximum Gasteiger partial charge on any atom is 0.127 e. The Bertz CT molecular complexity index is 515. The lowest BCUT2D eigenvalue weighted by molar-refractivity contribution is 0.0968. The molecule has 0 aliphatic carbocycles. The maximum absolute atomic E-state index is 5.85. The van der Waals surface area contributed by atoms with Gasteiger partial charge in [0.25, 0.3) is 0 Å².